The summed E-state index contributed by atoms with van der Waals surface area (Å²) in [7, 11) is 0. The van der Waals surface area contributed by atoms with Crippen LogP contribution in [0.25, 0.3) is 10.8 Å². The van der Waals surface area contributed by atoms with Crippen molar-refractivity contribution in [2.24, 2.45) is 0 Å². The first-order valence-electron chi connectivity index (χ1n) is 6.39. The Bertz CT molecular complexity index is 735. The molecule has 0 aliphatic carbocycles. The average molecular weight is 286 g/mol. The molecule has 0 saturated carbocycles. The number of fused-ring (bicyclic) bond motifs is 1. The van der Waals surface area contributed by atoms with E-state index in [1.807, 2.05) is 18.2 Å². The second-order valence-corrected chi connectivity index (χ2v) is 5.04. The van der Waals surface area contributed by atoms with E-state index >= 15 is 0 Å². The summed E-state index contributed by atoms with van der Waals surface area (Å²) in [6.45, 7) is 0.533. The van der Waals surface area contributed by atoms with Gasteiger partial charge in [0.1, 0.15) is 5.82 Å². The number of benzene rings is 3. The van der Waals surface area contributed by atoms with Crippen molar-refractivity contribution in [2.45, 2.75) is 6.54 Å². The van der Waals surface area contributed by atoms with E-state index in [2.05, 4.69) is 29.6 Å². The second-order valence-electron chi connectivity index (χ2n) is 4.63. The zero-order valence-electron chi connectivity index (χ0n) is 10.7. The maximum absolute atomic E-state index is 13.7. The van der Waals surface area contributed by atoms with Gasteiger partial charge in [0.05, 0.1) is 10.7 Å². The standard InChI is InChI=1S/C17H13ClFN/c18-15-6-3-7-16(19)17(15)20-11-12-8-9-13-4-1-2-5-14(13)10-12/h1-10,20H,11H2. The van der Waals surface area contributed by atoms with Crippen LogP contribution in [0.1, 0.15) is 5.56 Å². The Labute approximate surface area is 122 Å². The van der Waals surface area contributed by atoms with Gasteiger partial charge in [-0.3, -0.25) is 0 Å². The third kappa shape index (κ3) is 2.61. The fourth-order valence-electron chi connectivity index (χ4n) is 2.21. The van der Waals surface area contributed by atoms with Crippen LogP contribution in [0.3, 0.4) is 0 Å². The van der Waals surface area contributed by atoms with Crippen molar-refractivity contribution in [3.05, 3.63) is 77.1 Å². The molecule has 0 saturated heterocycles. The van der Waals surface area contributed by atoms with Crippen molar-refractivity contribution < 1.29 is 4.39 Å². The Morgan fingerprint density at radius 2 is 1.70 bits per heavy atom. The lowest BCUT2D eigenvalue weighted by atomic mass is 10.1. The van der Waals surface area contributed by atoms with Crippen molar-refractivity contribution in [1.82, 2.24) is 0 Å². The number of halogens is 2. The van der Waals surface area contributed by atoms with Crippen molar-refractivity contribution in [3.63, 3.8) is 0 Å². The molecule has 0 heterocycles. The zero-order chi connectivity index (χ0) is 13.9. The van der Waals surface area contributed by atoms with Gasteiger partial charge in [0, 0.05) is 6.54 Å². The molecule has 1 nitrogen and oxygen atoms in total. The van der Waals surface area contributed by atoms with Crippen LogP contribution in [0.2, 0.25) is 5.02 Å². The Balaban J connectivity index is 1.83. The minimum absolute atomic E-state index is 0.335. The molecule has 0 aliphatic rings. The molecule has 3 aromatic carbocycles. The minimum Gasteiger partial charge on any atom is -0.377 e. The molecule has 0 bridgehead atoms. The average Bonchev–Trinajstić information content (AvgIpc) is 2.46. The molecule has 0 aliphatic heterocycles. The third-order valence-corrected chi connectivity index (χ3v) is 3.56. The van der Waals surface area contributed by atoms with Crippen molar-refractivity contribution in [3.8, 4) is 0 Å². The Kier molecular flexibility index (Phi) is 3.57. The largest absolute Gasteiger partial charge is 0.377 e. The summed E-state index contributed by atoms with van der Waals surface area (Å²) in [6.07, 6.45) is 0. The van der Waals surface area contributed by atoms with E-state index in [1.54, 1.807) is 12.1 Å². The minimum atomic E-state index is -0.335. The zero-order valence-corrected chi connectivity index (χ0v) is 11.5. The lowest BCUT2D eigenvalue weighted by molar-refractivity contribution is 0.630. The van der Waals surface area contributed by atoms with E-state index in [0.29, 0.717) is 17.3 Å². The monoisotopic (exact) mass is 285 g/mol. The van der Waals surface area contributed by atoms with Gasteiger partial charge in [-0.2, -0.15) is 0 Å². The Hall–Kier alpha value is -2.06. The highest BCUT2D eigenvalue weighted by molar-refractivity contribution is 6.33. The molecule has 1 N–H and O–H groups in total. The fourth-order valence-corrected chi connectivity index (χ4v) is 2.44. The first-order chi connectivity index (χ1) is 9.74. The lowest BCUT2D eigenvalue weighted by Gasteiger charge is -2.10. The van der Waals surface area contributed by atoms with Crippen molar-refractivity contribution in [1.29, 1.82) is 0 Å². The van der Waals surface area contributed by atoms with Gasteiger partial charge in [0.25, 0.3) is 0 Å². The van der Waals surface area contributed by atoms with Crippen LogP contribution >= 0.6 is 11.6 Å². The summed E-state index contributed by atoms with van der Waals surface area (Å²) in [5.74, 6) is -0.335. The number of hydrogen-bond acceptors (Lipinski definition) is 1. The van der Waals surface area contributed by atoms with Crippen LogP contribution in [0, 0.1) is 5.82 Å². The molecule has 20 heavy (non-hydrogen) atoms. The van der Waals surface area contributed by atoms with Crippen LogP contribution in [0.5, 0.6) is 0 Å². The second kappa shape index (κ2) is 5.51. The molecular weight excluding hydrogens is 273 g/mol. The van der Waals surface area contributed by atoms with Crippen LogP contribution in [0.4, 0.5) is 10.1 Å². The maximum atomic E-state index is 13.7. The summed E-state index contributed by atoms with van der Waals surface area (Å²) in [6, 6.07) is 19.0. The number of rotatable bonds is 3. The third-order valence-electron chi connectivity index (χ3n) is 3.25. The van der Waals surface area contributed by atoms with Crippen LogP contribution in [-0.2, 0) is 6.54 Å². The molecular formula is C17H13ClFN. The Morgan fingerprint density at radius 1 is 0.900 bits per heavy atom. The normalized spacial score (nSPS) is 10.7. The van der Waals surface area contributed by atoms with Crippen LogP contribution in [0.15, 0.2) is 60.7 Å². The van der Waals surface area contributed by atoms with E-state index in [-0.39, 0.29) is 5.82 Å². The van der Waals surface area contributed by atoms with Gasteiger partial charge in [0.2, 0.25) is 0 Å². The predicted octanol–water partition coefficient (Wildman–Crippen LogP) is 5.24. The summed E-state index contributed by atoms with van der Waals surface area (Å²) in [4.78, 5) is 0. The first kappa shape index (κ1) is 12.9. The molecule has 0 radical (unpaired) electrons. The van der Waals surface area contributed by atoms with E-state index in [9.17, 15) is 4.39 Å². The summed E-state index contributed by atoms with van der Waals surface area (Å²) >= 11 is 5.99. The molecule has 3 aromatic rings. The van der Waals surface area contributed by atoms with E-state index in [0.717, 1.165) is 5.56 Å². The number of para-hydroxylation sites is 1. The molecule has 100 valence electrons. The Morgan fingerprint density at radius 3 is 2.50 bits per heavy atom. The van der Waals surface area contributed by atoms with Gasteiger partial charge in [0.15, 0.2) is 0 Å². The fraction of sp³-hybridized carbons (Fsp3) is 0.0588. The number of nitrogens with one attached hydrogen (secondary N) is 1. The van der Waals surface area contributed by atoms with Gasteiger partial charge in [-0.1, -0.05) is 54.1 Å². The molecule has 0 unspecified atom stereocenters. The molecule has 0 atom stereocenters. The summed E-state index contributed by atoms with van der Waals surface area (Å²) < 4.78 is 13.7. The highest BCUT2D eigenvalue weighted by Gasteiger charge is 2.06. The van der Waals surface area contributed by atoms with Crippen LogP contribution < -0.4 is 5.32 Å². The van der Waals surface area contributed by atoms with Gasteiger partial charge in [-0.05, 0) is 34.5 Å². The van der Waals surface area contributed by atoms with Gasteiger partial charge < -0.3 is 5.32 Å². The highest BCUT2D eigenvalue weighted by Crippen LogP contribution is 2.25. The molecule has 3 heteroatoms. The summed E-state index contributed by atoms with van der Waals surface area (Å²) in [5.41, 5.74) is 1.44. The topological polar surface area (TPSA) is 12.0 Å². The van der Waals surface area contributed by atoms with E-state index in [4.69, 9.17) is 11.6 Å². The van der Waals surface area contributed by atoms with Crippen molar-refractivity contribution >= 4 is 28.1 Å². The quantitative estimate of drug-likeness (QED) is 0.693. The van der Waals surface area contributed by atoms with Gasteiger partial charge >= 0.3 is 0 Å². The van der Waals surface area contributed by atoms with Crippen LogP contribution in [-0.4, -0.2) is 0 Å². The maximum Gasteiger partial charge on any atom is 0.147 e. The van der Waals surface area contributed by atoms with E-state index in [1.165, 1.54) is 16.8 Å². The predicted molar refractivity (Wildman–Crippen MR) is 82.7 cm³/mol. The molecule has 0 aromatic heterocycles. The highest BCUT2D eigenvalue weighted by atomic mass is 35.5. The van der Waals surface area contributed by atoms with Crippen molar-refractivity contribution in [2.75, 3.05) is 5.32 Å². The van der Waals surface area contributed by atoms with Gasteiger partial charge in [-0.15, -0.1) is 0 Å². The number of hydrogen-bond donors (Lipinski definition) is 1. The summed E-state index contributed by atoms with van der Waals surface area (Å²) in [5, 5.41) is 5.82. The first-order valence-corrected chi connectivity index (χ1v) is 6.77. The molecule has 3 rings (SSSR count). The smallest absolute Gasteiger partial charge is 0.147 e. The molecule has 0 spiro atoms. The molecule has 0 amide bonds. The molecule has 0 fully saturated rings. The number of anilines is 1. The van der Waals surface area contributed by atoms with Gasteiger partial charge in [-0.25, -0.2) is 4.39 Å². The van der Waals surface area contributed by atoms with E-state index < -0.39 is 0 Å². The SMILES string of the molecule is Fc1cccc(Cl)c1NCc1ccc2ccccc2c1. The lowest BCUT2D eigenvalue weighted by Crippen LogP contribution is -2.02.